The molecule has 1 N–H and O–H groups in total. The predicted octanol–water partition coefficient (Wildman–Crippen LogP) is 2.45. The van der Waals surface area contributed by atoms with Gasteiger partial charge in [0.1, 0.15) is 0 Å². The molecule has 2 fully saturated rings. The van der Waals surface area contributed by atoms with E-state index in [1.165, 1.54) is 0 Å². The Morgan fingerprint density at radius 1 is 1.26 bits per heavy atom. The normalized spacial score (nSPS) is 21.7. The summed E-state index contributed by atoms with van der Waals surface area (Å²) in [5.41, 5.74) is 0.770. The van der Waals surface area contributed by atoms with Crippen LogP contribution >= 0.6 is 0 Å². The Bertz CT molecular complexity index is 786. The number of pyridine rings is 1. The Kier molecular flexibility index (Phi) is 4.82. The fourth-order valence-corrected chi connectivity index (χ4v) is 4.07. The highest BCUT2D eigenvalue weighted by molar-refractivity contribution is 5.75. The van der Waals surface area contributed by atoms with Gasteiger partial charge in [-0.3, -0.25) is 4.98 Å². The third kappa shape index (κ3) is 3.53. The smallest absolute Gasteiger partial charge is 0.317 e. The molecule has 0 radical (unpaired) electrons. The second-order valence-corrected chi connectivity index (χ2v) is 7.69. The number of rotatable bonds is 3. The zero-order valence-electron chi connectivity index (χ0n) is 15.7. The van der Waals surface area contributed by atoms with Crippen LogP contribution in [0.15, 0.2) is 28.9 Å². The molecule has 2 aliphatic rings. The van der Waals surface area contributed by atoms with Crippen LogP contribution in [0.25, 0.3) is 11.5 Å². The highest BCUT2D eigenvalue weighted by Gasteiger charge is 2.51. The standard InChI is InChI=1S/C19H25N5O3/c1-13(2)21-18(25)24-11-15(19(12-24)5-9-26-10-6-19)17-23-22-16(27-17)14-3-7-20-8-4-14/h3-4,7-8,13,15H,5-6,9-12H2,1-2H3,(H,21,25). The number of aromatic nitrogens is 3. The van der Waals surface area contributed by atoms with Crippen LogP contribution in [0.5, 0.6) is 0 Å². The minimum Gasteiger partial charge on any atom is -0.420 e. The minimum absolute atomic E-state index is 0.0161. The van der Waals surface area contributed by atoms with Gasteiger partial charge in [-0.25, -0.2) is 4.79 Å². The van der Waals surface area contributed by atoms with Gasteiger partial charge in [0.2, 0.25) is 11.8 Å². The first-order chi connectivity index (χ1) is 13.1. The van der Waals surface area contributed by atoms with Crippen molar-refractivity contribution in [2.45, 2.75) is 38.6 Å². The molecule has 2 aromatic heterocycles. The van der Waals surface area contributed by atoms with E-state index in [4.69, 9.17) is 9.15 Å². The molecular weight excluding hydrogens is 346 g/mol. The van der Waals surface area contributed by atoms with Crippen molar-refractivity contribution in [2.24, 2.45) is 5.41 Å². The Hall–Kier alpha value is -2.48. The van der Waals surface area contributed by atoms with Crippen molar-refractivity contribution in [1.29, 1.82) is 0 Å². The largest absolute Gasteiger partial charge is 0.420 e. The third-order valence-corrected chi connectivity index (χ3v) is 5.50. The molecule has 0 saturated carbocycles. The van der Waals surface area contributed by atoms with Crippen LogP contribution in [0.2, 0.25) is 0 Å². The molecule has 0 aromatic carbocycles. The fraction of sp³-hybridized carbons (Fsp3) is 0.579. The zero-order valence-corrected chi connectivity index (χ0v) is 15.7. The highest BCUT2D eigenvalue weighted by Crippen LogP contribution is 2.49. The van der Waals surface area contributed by atoms with Crippen molar-refractivity contribution >= 4 is 6.03 Å². The maximum absolute atomic E-state index is 12.6. The molecule has 4 rings (SSSR count). The molecule has 2 amide bonds. The van der Waals surface area contributed by atoms with E-state index in [0.29, 0.717) is 38.1 Å². The minimum atomic E-state index is -0.0748. The summed E-state index contributed by atoms with van der Waals surface area (Å²) in [5.74, 6) is 1.10. The topological polar surface area (TPSA) is 93.4 Å². The van der Waals surface area contributed by atoms with Crippen LogP contribution in [-0.4, -0.2) is 58.5 Å². The lowest BCUT2D eigenvalue weighted by Crippen LogP contribution is -2.43. The van der Waals surface area contributed by atoms with Gasteiger partial charge in [0, 0.05) is 55.7 Å². The molecule has 0 bridgehead atoms. The molecule has 8 heteroatoms. The van der Waals surface area contributed by atoms with Gasteiger partial charge in [-0.15, -0.1) is 10.2 Å². The van der Waals surface area contributed by atoms with Crippen molar-refractivity contribution in [2.75, 3.05) is 26.3 Å². The average Bonchev–Trinajstić information content (AvgIpc) is 3.28. The lowest BCUT2D eigenvalue weighted by Gasteiger charge is -2.36. The fourth-order valence-electron chi connectivity index (χ4n) is 4.07. The first kappa shape index (κ1) is 17.9. The molecule has 8 nitrogen and oxygen atoms in total. The number of hydrogen-bond acceptors (Lipinski definition) is 6. The zero-order chi connectivity index (χ0) is 18.9. The van der Waals surface area contributed by atoms with E-state index < -0.39 is 0 Å². The lowest BCUT2D eigenvalue weighted by molar-refractivity contribution is 0.0102. The molecule has 2 aromatic rings. The first-order valence-corrected chi connectivity index (χ1v) is 9.44. The van der Waals surface area contributed by atoms with Crippen molar-refractivity contribution in [3.8, 4) is 11.5 Å². The maximum atomic E-state index is 12.6. The first-order valence-electron chi connectivity index (χ1n) is 9.44. The number of carbonyl (C=O) groups is 1. The maximum Gasteiger partial charge on any atom is 0.317 e. The number of amides is 2. The number of ether oxygens (including phenoxy) is 1. The van der Waals surface area contributed by atoms with Crippen molar-refractivity contribution in [3.63, 3.8) is 0 Å². The predicted molar refractivity (Wildman–Crippen MR) is 98.0 cm³/mol. The molecule has 1 unspecified atom stereocenters. The summed E-state index contributed by atoms with van der Waals surface area (Å²) in [5, 5.41) is 11.6. The van der Waals surface area contributed by atoms with E-state index in [2.05, 4.69) is 20.5 Å². The van der Waals surface area contributed by atoms with E-state index in [-0.39, 0.29) is 23.4 Å². The molecule has 2 aliphatic heterocycles. The monoisotopic (exact) mass is 371 g/mol. The Morgan fingerprint density at radius 2 is 2.00 bits per heavy atom. The van der Waals surface area contributed by atoms with E-state index >= 15 is 0 Å². The van der Waals surface area contributed by atoms with Gasteiger partial charge < -0.3 is 19.4 Å². The van der Waals surface area contributed by atoms with Gasteiger partial charge in [0.05, 0.1) is 5.92 Å². The molecule has 144 valence electrons. The van der Waals surface area contributed by atoms with Gasteiger partial charge >= 0.3 is 6.03 Å². The average molecular weight is 371 g/mol. The van der Waals surface area contributed by atoms with Gasteiger partial charge in [-0.05, 0) is 38.8 Å². The van der Waals surface area contributed by atoms with Gasteiger partial charge in [-0.2, -0.15) is 0 Å². The van der Waals surface area contributed by atoms with Crippen molar-refractivity contribution < 1.29 is 13.9 Å². The van der Waals surface area contributed by atoms with Crippen LogP contribution in [-0.2, 0) is 4.74 Å². The summed E-state index contributed by atoms with van der Waals surface area (Å²) in [6.07, 6.45) is 5.17. The number of hydrogen-bond donors (Lipinski definition) is 1. The Balaban J connectivity index is 1.61. The molecule has 27 heavy (non-hydrogen) atoms. The van der Waals surface area contributed by atoms with Gasteiger partial charge in [0.15, 0.2) is 0 Å². The number of nitrogens with zero attached hydrogens (tertiary/aromatic N) is 4. The van der Waals surface area contributed by atoms with E-state index in [0.717, 1.165) is 18.4 Å². The highest BCUT2D eigenvalue weighted by atomic mass is 16.5. The van der Waals surface area contributed by atoms with Crippen LogP contribution < -0.4 is 5.32 Å². The summed E-state index contributed by atoms with van der Waals surface area (Å²) in [7, 11) is 0. The number of urea groups is 1. The molecule has 2 saturated heterocycles. The Labute approximate surface area is 158 Å². The lowest BCUT2D eigenvalue weighted by atomic mass is 9.72. The summed E-state index contributed by atoms with van der Waals surface area (Å²) in [4.78, 5) is 18.5. The molecular formula is C19H25N5O3. The molecule has 0 aliphatic carbocycles. The van der Waals surface area contributed by atoms with E-state index in [1.807, 2.05) is 30.9 Å². The van der Waals surface area contributed by atoms with Crippen LogP contribution in [0.4, 0.5) is 4.79 Å². The van der Waals surface area contributed by atoms with Crippen LogP contribution in [0.1, 0.15) is 38.5 Å². The van der Waals surface area contributed by atoms with Crippen LogP contribution in [0, 0.1) is 5.41 Å². The third-order valence-electron chi connectivity index (χ3n) is 5.50. The Morgan fingerprint density at radius 3 is 2.70 bits per heavy atom. The number of nitrogens with one attached hydrogen (secondary N) is 1. The molecule has 4 heterocycles. The molecule has 1 spiro atoms. The van der Waals surface area contributed by atoms with Gasteiger partial charge in [-0.1, -0.05) is 0 Å². The summed E-state index contributed by atoms with van der Waals surface area (Å²) in [6.45, 7) is 6.59. The van der Waals surface area contributed by atoms with Gasteiger partial charge in [0.25, 0.3) is 0 Å². The van der Waals surface area contributed by atoms with Crippen molar-refractivity contribution in [3.05, 3.63) is 30.4 Å². The summed E-state index contributed by atoms with van der Waals surface area (Å²) < 4.78 is 11.6. The second kappa shape index (κ2) is 7.26. The van der Waals surface area contributed by atoms with Crippen molar-refractivity contribution in [1.82, 2.24) is 25.4 Å². The number of carbonyl (C=O) groups excluding carboxylic acids is 1. The SMILES string of the molecule is CC(C)NC(=O)N1CC(c2nnc(-c3ccncc3)o2)C2(CCOCC2)C1. The molecule has 1 atom stereocenters. The summed E-state index contributed by atoms with van der Waals surface area (Å²) >= 11 is 0. The van der Waals surface area contributed by atoms with Crippen LogP contribution in [0.3, 0.4) is 0 Å². The van der Waals surface area contributed by atoms with E-state index in [9.17, 15) is 4.79 Å². The summed E-state index contributed by atoms with van der Waals surface area (Å²) in [6, 6.07) is 3.76. The van der Waals surface area contributed by atoms with E-state index in [1.54, 1.807) is 12.4 Å². The second-order valence-electron chi connectivity index (χ2n) is 7.69. The number of likely N-dealkylation sites (tertiary alicyclic amines) is 1. The quantitative estimate of drug-likeness (QED) is 0.891.